The number of hydrogen-bond donors (Lipinski definition) is 2. The fourth-order valence-corrected chi connectivity index (χ4v) is 3.57. The van der Waals surface area contributed by atoms with Gasteiger partial charge in [-0.1, -0.05) is 33.3 Å². The highest BCUT2D eigenvalue weighted by molar-refractivity contribution is 6.06. The summed E-state index contributed by atoms with van der Waals surface area (Å²) in [6.45, 7) is 6.65. The van der Waals surface area contributed by atoms with Gasteiger partial charge < -0.3 is 16.2 Å². The van der Waals surface area contributed by atoms with Crippen LogP contribution >= 0.6 is 0 Å². The molecular weight excluding hydrogens is 333 g/mol. The van der Waals surface area contributed by atoms with Gasteiger partial charge in [0.15, 0.2) is 5.82 Å². The van der Waals surface area contributed by atoms with Crippen LogP contribution in [-0.2, 0) is 0 Å². The predicted octanol–water partition coefficient (Wildman–Crippen LogP) is 3.36. The van der Waals surface area contributed by atoms with E-state index in [2.05, 4.69) is 30.8 Å². The van der Waals surface area contributed by atoms with Crippen LogP contribution in [0.5, 0.6) is 5.75 Å². The highest BCUT2D eigenvalue weighted by Crippen LogP contribution is 2.44. The minimum absolute atomic E-state index is 0.0593. The monoisotopic (exact) mass is 361 g/mol. The van der Waals surface area contributed by atoms with E-state index < -0.39 is 11.5 Å². The molecule has 0 radical (unpaired) electrons. The lowest BCUT2D eigenvalue weighted by molar-refractivity contribution is 0.196. The molecule has 3 rings (SSSR count). The number of guanidine groups is 2. The molecule has 1 fully saturated rings. The molecule has 0 aromatic heterocycles. The maximum atomic E-state index is 15.0. The van der Waals surface area contributed by atoms with Crippen LogP contribution in [0.1, 0.15) is 52.9 Å². The van der Waals surface area contributed by atoms with Gasteiger partial charge in [0, 0.05) is 0 Å². The number of rotatable bonds is 3. The first kappa shape index (κ1) is 18.5. The van der Waals surface area contributed by atoms with Crippen LogP contribution in [-0.4, -0.2) is 24.2 Å². The van der Waals surface area contributed by atoms with E-state index in [9.17, 15) is 4.39 Å². The molecule has 1 heterocycles. The lowest BCUT2D eigenvalue weighted by Gasteiger charge is -2.46. The second-order valence-electron chi connectivity index (χ2n) is 8.25. The first-order chi connectivity index (χ1) is 12.2. The minimum Gasteiger partial charge on any atom is -0.491 e. The largest absolute Gasteiger partial charge is 0.491 e. The van der Waals surface area contributed by atoms with Crippen molar-refractivity contribution in [3.8, 4) is 5.75 Å². The molecule has 1 aliphatic carbocycles. The SMILES string of the molecule is CC(C)(C)COc1cccc(F)c1N1C(N)=NC(N)=NC12CCCCC2. The van der Waals surface area contributed by atoms with Crippen molar-refractivity contribution in [1.29, 1.82) is 0 Å². The van der Waals surface area contributed by atoms with Crippen LogP contribution in [0.2, 0.25) is 0 Å². The second kappa shape index (κ2) is 6.78. The summed E-state index contributed by atoms with van der Waals surface area (Å²) in [5, 5.41) is 0. The Labute approximate surface area is 154 Å². The van der Waals surface area contributed by atoms with Crippen LogP contribution in [0.25, 0.3) is 0 Å². The molecule has 142 valence electrons. The molecule has 0 atom stereocenters. The Hall–Kier alpha value is -2.31. The van der Waals surface area contributed by atoms with Crippen molar-refractivity contribution in [2.45, 2.75) is 58.5 Å². The summed E-state index contributed by atoms with van der Waals surface area (Å²) >= 11 is 0. The van der Waals surface area contributed by atoms with Crippen molar-refractivity contribution in [1.82, 2.24) is 0 Å². The van der Waals surface area contributed by atoms with Gasteiger partial charge in [-0.15, -0.1) is 0 Å². The van der Waals surface area contributed by atoms with Gasteiger partial charge in [0.25, 0.3) is 0 Å². The van der Waals surface area contributed by atoms with Gasteiger partial charge in [0.05, 0.1) is 6.61 Å². The van der Waals surface area contributed by atoms with Crippen LogP contribution < -0.4 is 21.1 Å². The Bertz CT molecular complexity index is 732. The topological polar surface area (TPSA) is 89.2 Å². The maximum absolute atomic E-state index is 15.0. The average molecular weight is 361 g/mol. The number of benzene rings is 1. The molecule has 6 nitrogen and oxygen atoms in total. The maximum Gasteiger partial charge on any atom is 0.220 e. The van der Waals surface area contributed by atoms with Gasteiger partial charge in [-0.3, -0.25) is 4.90 Å². The molecule has 7 heteroatoms. The first-order valence-corrected chi connectivity index (χ1v) is 9.13. The molecule has 0 unspecified atom stereocenters. The Morgan fingerprint density at radius 1 is 1.19 bits per heavy atom. The molecule has 1 aromatic carbocycles. The fraction of sp³-hybridized carbons (Fsp3) is 0.579. The Morgan fingerprint density at radius 3 is 2.54 bits per heavy atom. The normalized spacial score (nSPS) is 19.9. The number of aliphatic imine (C=N–C) groups is 2. The number of nitrogens with two attached hydrogens (primary N) is 2. The molecule has 26 heavy (non-hydrogen) atoms. The van der Waals surface area contributed by atoms with Crippen LogP contribution in [0.15, 0.2) is 28.2 Å². The minimum atomic E-state index is -0.698. The van der Waals surface area contributed by atoms with E-state index in [1.54, 1.807) is 17.0 Å². The Balaban J connectivity index is 2.07. The van der Waals surface area contributed by atoms with Crippen LogP contribution in [0.3, 0.4) is 0 Å². The highest BCUT2D eigenvalue weighted by atomic mass is 19.1. The lowest BCUT2D eigenvalue weighted by Crippen LogP contribution is -2.58. The smallest absolute Gasteiger partial charge is 0.220 e. The second-order valence-corrected chi connectivity index (χ2v) is 8.25. The fourth-order valence-electron chi connectivity index (χ4n) is 3.57. The number of ether oxygens (including phenoxy) is 1. The van der Waals surface area contributed by atoms with Crippen molar-refractivity contribution in [3.05, 3.63) is 24.0 Å². The molecule has 2 aliphatic rings. The summed E-state index contributed by atoms with van der Waals surface area (Å²) in [5.41, 5.74) is 11.6. The Morgan fingerprint density at radius 2 is 1.88 bits per heavy atom. The van der Waals surface area contributed by atoms with Gasteiger partial charge >= 0.3 is 0 Å². The molecular formula is C19H28FN5O. The molecule has 4 N–H and O–H groups in total. The summed E-state index contributed by atoms with van der Waals surface area (Å²) in [4.78, 5) is 10.4. The zero-order valence-electron chi connectivity index (χ0n) is 15.8. The molecule has 1 aromatic rings. The third-order valence-electron chi connectivity index (χ3n) is 4.69. The van der Waals surface area contributed by atoms with Crippen molar-refractivity contribution in [2.24, 2.45) is 26.9 Å². The number of anilines is 1. The van der Waals surface area contributed by atoms with E-state index in [0.29, 0.717) is 12.4 Å². The summed E-state index contributed by atoms with van der Waals surface area (Å²) in [7, 11) is 0. The van der Waals surface area contributed by atoms with E-state index in [1.807, 2.05) is 0 Å². The standard InChI is InChI=1S/C19H28FN5O/c1-18(2,3)12-26-14-9-7-8-13(20)15(14)25-17(22)23-16(21)24-19(25)10-5-4-6-11-19/h7-9H,4-6,10-12H2,1-3H3,(H4,21,22,23,24). The van der Waals surface area contributed by atoms with E-state index in [-0.39, 0.29) is 23.0 Å². The molecule has 0 saturated heterocycles. The van der Waals surface area contributed by atoms with E-state index >= 15 is 0 Å². The quantitative estimate of drug-likeness (QED) is 0.864. The number of halogens is 1. The van der Waals surface area contributed by atoms with Crippen LogP contribution in [0, 0.1) is 11.2 Å². The highest BCUT2D eigenvalue weighted by Gasteiger charge is 2.44. The summed E-state index contributed by atoms with van der Waals surface area (Å²) < 4.78 is 20.9. The number of hydrogen-bond acceptors (Lipinski definition) is 6. The van der Waals surface area contributed by atoms with E-state index in [1.165, 1.54) is 6.07 Å². The van der Waals surface area contributed by atoms with E-state index in [0.717, 1.165) is 32.1 Å². The molecule has 1 saturated carbocycles. The van der Waals surface area contributed by atoms with Gasteiger partial charge in [-0.05, 0) is 43.2 Å². The van der Waals surface area contributed by atoms with Gasteiger partial charge in [0.2, 0.25) is 11.9 Å². The number of para-hydroxylation sites is 1. The third-order valence-corrected chi connectivity index (χ3v) is 4.69. The van der Waals surface area contributed by atoms with Crippen LogP contribution in [0.4, 0.5) is 10.1 Å². The van der Waals surface area contributed by atoms with Crippen molar-refractivity contribution >= 4 is 17.6 Å². The van der Waals surface area contributed by atoms with Crippen molar-refractivity contribution in [3.63, 3.8) is 0 Å². The van der Waals surface area contributed by atoms with Gasteiger partial charge in [-0.2, -0.15) is 4.99 Å². The molecule has 1 aliphatic heterocycles. The molecule has 0 amide bonds. The average Bonchev–Trinajstić information content (AvgIpc) is 2.54. The lowest BCUT2D eigenvalue weighted by atomic mass is 9.87. The predicted molar refractivity (Wildman–Crippen MR) is 103 cm³/mol. The zero-order chi connectivity index (χ0) is 18.9. The zero-order valence-corrected chi connectivity index (χ0v) is 15.8. The molecule has 1 spiro atoms. The summed E-state index contributed by atoms with van der Waals surface area (Å²) in [6.07, 6.45) is 4.57. The van der Waals surface area contributed by atoms with E-state index in [4.69, 9.17) is 16.2 Å². The van der Waals surface area contributed by atoms with Crippen molar-refractivity contribution < 1.29 is 9.13 Å². The molecule has 0 bridgehead atoms. The summed E-state index contributed by atoms with van der Waals surface area (Å²) in [6, 6.07) is 4.81. The summed E-state index contributed by atoms with van der Waals surface area (Å²) in [5.74, 6) is 0.341. The number of nitrogens with zero attached hydrogens (tertiary/aromatic N) is 3. The third kappa shape index (κ3) is 3.61. The van der Waals surface area contributed by atoms with Gasteiger partial charge in [0.1, 0.15) is 17.1 Å². The van der Waals surface area contributed by atoms with Gasteiger partial charge in [-0.25, -0.2) is 9.38 Å². The van der Waals surface area contributed by atoms with Crippen molar-refractivity contribution in [2.75, 3.05) is 11.5 Å². The Kier molecular flexibility index (Phi) is 4.82. The first-order valence-electron chi connectivity index (χ1n) is 9.13.